The number of thiazole rings is 1. The van der Waals surface area contributed by atoms with Gasteiger partial charge in [0.05, 0.1) is 22.6 Å². The van der Waals surface area contributed by atoms with E-state index in [4.69, 9.17) is 5.73 Å². The van der Waals surface area contributed by atoms with Gasteiger partial charge in [-0.3, -0.25) is 10.1 Å². The van der Waals surface area contributed by atoms with Gasteiger partial charge < -0.3 is 5.73 Å². The number of aromatic nitrogens is 3. The SMILES string of the molecule is CCc1nnc(C)cc1C(=O)Nc1nc2c(s1)C[C@@H](N)CC2. The zero-order valence-corrected chi connectivity index (χ0v) is 13.5. The maximum Gasteiger partial charge on any atom is 0.259 e. The van der Waals surface area contributed by atoms with Gasteiger partial charge in [0.2, 0.25) is 0 Å². The number of nitrogens with two attached hydrogens (primary N) is 1. The Morgan fingerprint density at radius 1 is 1.50 bits per heavy atom. The van der Waals surface area contributed by atoms with Crippen LogP contribution in [0.2, 0.25) is 0 Å². The molecule has 0 unspecified atom stereocenters. The molecule has 0 saturated heterocycles. The molecule has 0 saturated carbocycles. The van der Waals surface area contributed by atoms with Gasteiger partial charge in [-0.1, -0.05) is 6.92 Å². The second-order valence-corrected chi connectivity index (χ2v) is 6.63. The van der Waals surface area contributed by atoms with Crippen LogP contribution >= 0.6 is 11.3 Å². The van der Waals surface area contributed by atoms with Crippen LogP contribution in [0.3, 0.4) is 0 Å². The van der Waals surface area contributed by atoms with Gasteiger partial charge in [-0.05, 0) is 38.7 Å². The molecule has 22 heavy (non-hydrogen) atoms. The number of nitrogens with zero attached hydrogens (tertiary/aromatic N) is 3. The third-order valence-electron chi connectivity index (χ3n) is 3.77. The summed E-state index contributed by atoms with van der Waals surface area (Å²) in [5.74, 6) is -0.176. The highest BCUT2D eigenvalue weighted by molar-refractivity contribution is 7.15. The number of carbonyl (C=O) groups excluding carboxylic acids is 1. The maximum atomic E-state index is 12.5. The Morgan fingerprint density at radius 3 is 3.09 bits per heavy atom. The van der Waals surface area contributed by atoms with Crippen molar-refractivity contribution in [1.82, 2.24) is 15.2 Å². The van der Waals surface area contributed by atoms with E-state index in [0.29, 0.717) is 22.8 Å². The first-order chi connectivity index (χ1) is 10.6. The quantitative estimate of drug-likeness (QED) is 0.901. The molecule has 2 aromatic heterocycles. The molecule has 1 atom stereocenters. The zero-order chi connectivity index (χ0) is 15.7. The van der Waals surface area contributed by atoms with Gasteiger partial charge in [0.1, 0.15) is 0 Å². The predicted molar refractivity (Wildman–Crippen MR) is 86.2 cm³/mol. The second-order valence-electron chi connectivity index (χ2n) is 5.55. The van der Waals surface area contributed by atoms with E-state index in [9.17, 15) is 4.79 Å². The van der Waals surface area contributed by atoms with Gasteiger partial charge in [0.25, 0.3) is 5.91 Å². The lowest BCUT2D eigenvalue weighted by Crippen LogP contribution is -2.27. The van der Waals surface area contributed by atoms with Crippen molar-refractivity contribution in [3.05, 3.63) is 33.6 Å². The fourth-order valence-corrected chi connectivity index (χ4v) is 3.69. The molecule has 0 aromatic carbocycles. The van der Waals surface area contributed by atoms with Crippen LogP contribution in [0.1, 0.15) is 45.7 Å². The Bertz CT molecular complexity index is 712. The van der Waals surface area contributed by atoms with Gasteiger partial charge in [0, 0.05) is 10.9 Å². The highest BCUT2D eigenvalue weighted by Crippen LogP contribution is 2.29. The van der Waals surface area contributed by atoms with Crippen molar-refractivity contribution in [1.29, 1.82) is 0 Å². The number of carbonyl (C=O) groups is 1. The third kappa shape index (κ3) is 3.00. The molecule has 3 rings (SSSR count). The van der Waals surface area contributed by atoms with Gasteiger partial charge >= 0.3 is 0 Å². The molecule has 0 bridgehead atoms. The predicted octanol–water partition coefficient (Wildman–Crippen LogP) is 1.87. The van der Waals surface area contributed by atoms with E-state index in [1.807, 2.05) is 13.8 Å². The lowest BCUT2D eigenvalue weighted by atomic mass is 9.99. The van der Waals surface area contributed by atoms with E-state index < -0.39 is 0 Å². The highest BCUT2D eigenvalue weighted by atomic mass is 32.1. The van der Waals surface area contributed by atoms with E-state index in [0.717, 1.165) is 30.7 Å². The first kappa shape index (κ1) is 15.1. The Balaban J connectivity index is 1.82. The zero-order valence-electron chi connectivity index (χ0n) is 12.7. The van der Waals surface area contributed by atoms with Crippen molar-refractivity contribution >= 4 is 22.4 Å². The van der Waals surface area contributed by atoms with E-state index in [-0.39, 0.29) is 11.9 Å². The normalized spacial score (nSPS) is 17.1. The van der Waals surface area contributed by atoms with E-state index in [1.165, 1.54) is 16.2 Å². The number of fused-ring (bicyclic) bond motifs is 1. The molecule has 116 valence electrons. The molecule has 0 fully saturated rings. The summed E-state index contributed by atoms with van der Waals surface area (Å²) in [5.41, 5.74) is 9.05. The number of hydrogen-bond donors (Lipinski definition) is 2. The molecule has 0 aliphatic heterocycles. The van der Waals surface area contributed by atoms with Crippen molar-refractivity contribution in [3.8, 4) is 0 Å². The van der Waals surface area contributed by atoms with Crippen LogP contribution in [0.25, 0.3) is 0 Å². The fraction of sp³-hybridized carbons (Fsp3) is 0.467. The molecule has 0 radical (unpaired) electrons. The molecular formula is C15H19N5OS. The molecule has 6 nitrogen and oxygen atoms in total. The minimum absolute atomic E-state index is 0.176. The van der Waals surface area contributed by atoms with Crippen molar-refractivity contribution < 1.29 is 4.79 Å². The summed E-state index contributed by atoms with van der Waals surface area (Å²) >= 11 is 1.52. The Kier molecular flexibility index (Phi) is 4.17. The second kappa shape index (κ2) is 6.10. The number of nitrogens with one attached hydrogen (secondary N) is 1. The monoisotopic (exact) mass is 317 g/mol. The summed E-state index contributed by atoms with van der Waals surface area (Å²) in [7, 11) is 0. The van der Waals surface area contributed by atoms with Gasteiger partial charge in [-0.25, -0.2) is 4.98 Å². The fourth-order valence-electron chi connectivity index (χ4n) is 2.59. The maximum absolute atomic E-state index is 12.5. The first-order valence-electron chi connectivity index (χ1n) is 7.45. The Hall–Kier alpha value is -1.86. The number of hydrogen-bond acceptors (Lipinski definition) is 6. The van der Waals surface area contributed by atoms with E-state index >= 15 is 0 Å². The average Bonchev–Trinajstić information content (AvgIpc) is 2.88. The van der Waals surface area contributed by atoms with Crippen molar-refractivity contribution in [2.75, 3.05) is 5.32 Å². The van der Waals surface area contributed by atoms with Crippen molar-refractivity contribution in [2.24, 2.45) is 5.73 Å². The van der Waals surface area contributed by atoms with E-state index in [1.54, 1.807) is 6.07 Å². The number of rotatable bonds is 3. The number of anilines is 1. The Morgan fingerprint density at radius 2 is 2.32 bits per heavy atom. The minimum Gasteiger partial charge on any atom is -0.327 e. The smallest absolute Gasteiger partial charge is 0.259 e. The third-order valence-corrected chi connectivity index (χ3v) is 4.81. The summed E-state index contributed by atoms with van der Waals surface area (Å²) in [6, 6.07) is 1.97. The number of amides is 1. The van der Waals surface area contributed by atoms with Gasteiger partial charge in [-0.2, -0.15) is 10.2 Å². The molecule has 3 N–H and O–H groups in total. The van der Waals surface area contributed by atoms with Gasteiger partial charge in [0.15, 0.2) is 5.13 Å². The molecule has 1 aliphatic carbocycles. The number of aryl methyl sites for hydroxylation is 3. The summed E-state index contributed by atoms with van der Waals surface area (Å²) in [5, 5.41) is 11.6. The lowest BCUT2D eigenvalue weighted by Gasteiger charge is -2.15. The van der Waals surface area contributed by atoms with Crippen LogP contribution in [0, 0.1) is 6.92 Å². The standard InChI is InChI=1S/C15H19N5OS/c1-3-11-10(6-8(2)19-20-11)14(21)18-15-17-12-5-4-9(16)7-13(12)22-15/h6,9H,3-5,7,16H2,1-2H3,(H,17,18,21)/t9-/m0/s1. The summed E-state index contributed by atoms with van der Waals surface area (Å²) in [6.45, 7) is 3.78. The van der Waals surface area contributed by atoms with Crippen LogP contribution in [-0.2, 0) is 19.3 Å². The van der Waals surface area contributed by atoms with Crippen molar-refractivity contribution in [3.63, 3.8) is 0 Å². The first-order valence-corrected chi connectivity index (χ1v) is 8.27. The molecular weight excluding hydrogens is 298 g/mol. The topological polar surface area (TPSA) is 93.8 Å². The molecule has 0 spiro atoms. The summed E-state index contributed by atoms with van der Waals surface area (Å²) < 4.78 is 0. The van der Waals surface area contributed by atoms with Crippen LogP contribution < -0.4 is 11.1 Å². The van der Waals surface area contributed by atoms with E-state index in [2.05, 4.69) is 20.5 Å². The molecule has 2 aromatic rings. The molecule has 7 heteroatoms. The molecule has 1 amide bonds. The van der Waals surface area contributed by atoms with Crippen molar-refractivity contribution in [2.45, 2.75) is 45.6 Å². The molecule has 1 aliphatic rings. The Labute approximate surface area is 133 Å². The summed E-state index contributed by atoms with van der Waals surface area (Å²) in [6.07, 6.45) is 3.36. The minimum atomic E-state index is -0.176. The summed E-state index contributed by atoms with van der Waals surface area (Å²) in [4.78, 5) is 18.2. The largest absolute Gasteiger partial charge is 0.327 e. The average molecular weight is 317 g/mol. The molecule has 2 heterocycles. The van der Waals surface area contributed by atoms with Gasteiger partial charge in [-0.15, -0.1) is 11.3 Å². The lowest BCUT2D eigenvalue weighted by molar-refractivity contribution is 0.102. The van der Waals surface area contributed by atoms with Crippen LogP contribution in [0.15, 0.2) is 6.07 Å². The van der Waals surface area contributed by atoms with Crippen LogP contribution in [-0.4, -0.2) is 27.1 Å². The van der Waals surface area contributed by atoms with Crippen LogP contribution in [0.5, 0.6) is 0 Å². The van der Waals surface area contributed by atoms with Crippen LogP contribution in [0.4, 0.5) is 5.13 Å². The highest BCUT2D eigenvalue weighted by Gasteiger charge is 2.21.